The highest BCUT2D eigenvalue weighted by atomic mass is 32.1. The third-order valence-electron chi connectivity index (χ3n) is 3.68. The van der Waals surface area contributed by atoms with Crippen molar-refractivity contribution in [2.75, 3.05) is 6.54 Å². The van der Waals surface area contributed by atoms with Crippen molar-refractivity contribution >= 4 is 11.3 Å². The highest BCUT2D eigenvalue weighted by molar-refractivity contribution is 7.15. The Bertz CT molecular complexity index is 556. The van der Waals surface area contributed by atoms with Crippen LogP contribution in [0.15, 0.2) is 30.3 Å². The Balaban J connectivity index is 2.25. The summed E-state index contributed by atoms with van der Waals surface area (Å²) in [5.41, 5.74) is 4.07. The minimum atomic E-state index is 0.499. The molecule has 2 rings (SSSR count). The summed E-state index contributed by atoms with van der Waals surface area (Å²) in [5, 5.41) is 3.64. The third kappa shape index (κ3) is 3.50. The molecule has 0 saturated carbocycles. The van der Waals surface area contributed by atoms with Gasteiger partial charge in [-0.25, -0.2) is 0 Å². The van der Waals surface area contributed by atoms with Gasteiger partial charge >= 0.3 is 0 Å². The molecule has 0 aliphatic rings. The highest BCUT2D eigenvalue weighted by Gasteiger charge is 2.12. The molecule has 1 N–H and O–H groups in total. The zero-order valence-electron chi connectivity index (χ0n) is 13.0. The van der Waals surface area contributed by atoms with Crippen molar-refractivity contribution in [1.82, 2.24) is 5.32 Å². The largest absolute Gasteiger partial charge is 0.309 e. The number of rotatable bonds is 6. The van der Waals surface area contributed by atoms with Gasteiger partial charge in [0.2, 0.25) is 0 Å². The van der Waals surface area contributed by atoms with Crippen LogP contribution in [0.1, 0.15) is 48.7 Å². The van der Waals surface area contributed by atoms with Crippen LogP contribution in [-0.4, -0.2) is 6.54 Å². The van der Waals surface area contributed by atoms with Crippen LogP contribution in [0.5, 0.6) is 0 Å². The summed E-state index contributed by atoms with van der Waals surface area (Å²) in [7, 11) is 0. The fourth-order valence-corrected chi connectivity index (χ4v) is 3.70. The van der Waals surface area contributed by atoms with Crippen molar-refractivity contribution in [3.05, 3.63) is 46.3 Å². The molecule has 1 atom stereocenters. The Hall–Kier alpha value is -1.12. The molecule has 2 heteroatoms. The summed E-state index contributed by atoms with van der Waals surface area (Å²) in [6.07, 6.45) is 2.33. The van der Waals surface area contributed by atoms with E-state index in [4.69, 9.17) is 0 Å². The molecule has 0 amide bonds. The van der Waals surface area contributed by atoms with Gasteiger partial charge in [-0.15, -0.1) is 11.3 Å². The van der Waals surface area contributed by atoms with Crippen LogP contribution in [-0.2, 0) is 0 Å². The molecular formula is C18H25NS. The van der Waals surface area contributed by atoms with Gasteiger partial charge in [0, 0.05) is 15.8 Å². The highest BCUT2D eigenvalue weighted by Crippen LogP contribution is 2.34. The molecule has 0 radical (unpaired) electrons. The summed E-state index contributed by atoms with van der Waals surface area (Å²) in [4.78, 5) is 2.84. The second-order valence-corrected chi connectivity index (χ2v) is 6.55. The van der Waals surface area contributed by atoms with Crippen LogP contribution in [0.2, 0.25) is 0 Å². The first-order valence-electron chi connectivity index (χ1n) is 7.56. The van der Waals surface area contributed by atoms with Gasteiger partial charge in [0.05, 0.1) is 0 Å². The lowest BCUT2D eigenvalue weighted by molar-refractivity contribution is 0.525. The van der Waals surface area contributed by atoms with Crippen LogP contribution in [0.4, 0.5) is 0 Å². The maximum atomic E-state index is 3.64. The predicted octanol–water partition coefficient (Wildman–Crippen LogP) is 5.48. The smallest absolute Gasteiger partial charge is 0.0412 e. The molecule has 1 unspecified atom stereocenters. The minimum Gasteiger partial charge on any atom is -0.309 e. The lowest BCUT2D eigenvalue weighted by Crippen LogP contribution is -2.20. The quantitative estimate of drug-likeness (QED) is 0.741. The Morgan fingerprint density at radius 3 is 2.60 bits per heavy atom. The molecule has 0 spiro atoms. The number of aryl methyl sites for hydroxylation is 2. The molecule has 1 nitrogen and oxygen atoms in total. The van der Waals surface area contributed by atoms with E-state index in [1.54, 1.807) is 0 Å². The molecule has 0 fully saturated rings. The molecule has 1 heterocycles. The number of hydrogen-bond acceptors (Lipinski definition) is 2. The first kappa shape index (κ1) is 15.3. The van der Waals surface area contributed by atoms with E-state index in [9.17, 15) is 0 Å². The Labute approximate surface area is 127 Å². The second-order valence-electron chi connectivity index (χ2n) is 5.44. The van der Waals surface area contributed by atoms with E-state index in [0.29, 0.717) is 6.04 Å². The fourth-order valence-electron chi connectivity index (χ4n) is 2.45. The monoisotopic (exact) mass is 287 g/mol. The van der Waals surface area contributed by atoms with E-state index in [1.165, 1.54) is 32.9 Å². The van der Waals surface area contributed by atoms with Crippen molar-refractivity contribution in [2.24, 2.45) is 0 Å². The van der Waals surface area contributed by atoms with Gasteiger partial charge in [0.25, 0.3) is 0 Å². The third-order valence-corrected chi connectivity index (χ3v) is 4.91. The van der Waals surface area contributed by atoms with E-state index in [1.807, 2.05) is 11.3 Å². The van der Waals surface area contributed by atoms with Crippen LogP contribution in [0.3, 0.4) is 0 Å². The van der Waals surface area contributed by atoms with Crippen molar-refractivity contribution in [3.63, 3.8) is 0 Å². The van der Waals surface area contributed by atoms with Gasteiger partial charge in [-0.2, -0.15) is 0 Å². The molecule has 108 valence electrons. The second kappa shape index (κ2) is 7.05. The Kier molecular flexibility index (Phi) is 5.38. The molecule has 1 aromatic carbocycles. The van der Waals surface area contributed by atoms with Gasteiger partial charge < -0.3 is 5.32 Å². The zero-order valence-corrected chi connectivity index (χ0v) is 13.8. The molecule has 2 aromatic rings. The number of benzene rings is 1. The van der Waals surface area contributed by atoms with Crippen LogP contribution < -0.4 is 5.32 Å². The lowest BCUT2D eigenvalue weighted by atomic mass is 10.0. The van der Waals surface area contributed by atoms with E-state index in [0.717, 1.165) is 13.0 Å². The SMILES string of the molecule is CCCNC(CC)c1ccc(-c2cc(C)ccc2C)s1. The minimum absolute atomic E-state index is 0.499. The molecule has 0 bridgehead atoms. The molecule has 0 aliphatic carbocycles. The van der Waals surface area contributed by atoms with Gasteiger partial charge in [0.15, 0.2) is 0 Å². The maximum Gasteiger partial charge on any atom is 0.0412 e. The summed E-state index contributed by atoms with van der Waals surface area (Å²) in [6, 6.07) is 11.8. The first-order chi connectivity index (χ1) is 9.65. The number of hydrogen-bond donors (Lipinski definition) is 1. The fraction of sp³-hybridized carbons (Fsp3) is 0.444. The number of thiophene rings is 1. The topological polar surface area (TPSA) is 12.0 Å². The predicted molar refractivity (Wildman–Crippen MR) is 90.6 cm³/mol. The molecule has 1 aromatic heterocycles. The standard InChI is InChI=1S/C18H25NS/c1-5-11-19-16(6-2)18-10-9-17(20-18)15-12-13(3)7-8-14(15)4/h7-10,12,16,19H,5-6,11H2,1-4H3. The first-order valence-corrected chi connectivity index (χ1v) is 8.38. The van der Waals surface area contributed by atoms with Crippen molar-refractivity contribution in [1.29, 1.82) is 0 Å². The molecule has 20 heavy (non-hydrogen) atoms. The van der Waals surface area contributed by atoms with Crippen molar-refractivity contribution < 1.29 is 0 Å². The van der Waals surface area contributed by atoms with E-state index < -0.39 is 0 Å². The van der Waals surface area contributed by atoms with Crippen LogP contribution >= 0.6 is 11.3 Å². The average molecular weight is 287 g/mol. The van der Waals surface area contributed by atoms with E-state index in [-0.39, 0.29) is 0 Å². The normalized spacial score (nSPS) is 12.6. The molecule has 0 saturated heterocycles. The number of nitrogens with one attached hydrogen (secondary N) is 1. The van der Waals surface area contributed by atoms with Gasteiger partial charge in [0.1, 0.15) is 0 Å². The van der Waals surface area contributed by atoms with Crippen LogP contribution in [0, 0.1) is 13.8 Å². The Morgan fingerprint density at radius 1 is 1.10 bits per heavy atom. The molecule has 0 aliphatic heterocycles. The van der Waals surface area contributed by atoms with Gasteiger partial charge in [-0.05, 0) is 56.5 Å². The summed E-state index contributed by atoms with van der Waals surface area (Å²) in [5.74, 6) is 0. The van der Waals surface area contributed by atoms with Crippen LogP contribution in [0.25, 0.3) is 10.4 Å². The summed E-state index contributed by atoms with van der Waals surface area (Å²) < 4.78 is 0. The Morgan fingerprint density at radius 2 is 1.90 bits per heavy atom. The van der Waals surface area contributed by atoms with Crippen molar-refractivity contribution in [2.45, 2.75) is 46.6 Å². The summed E-state index contributed by atoms with van der Waals surface area (Å²) >= 11 is 1.93. The lowest BCUT2D eigenvalue weighted by Gasteiger charge is -2.14. The van der Waals surface area contributed by atoms with E-state index in [2.05, 4.69) is 63.3 Å². The summed E-state index contributed by atoms with van der Waals surface area (Å²) in [6.45, 7) is 9.92. The zero-order chi connectivity index (χ0) is 14.5. The van der Waals surface area contributed by atoms with Crippen molar-refractivity contribution in [3.8, 4) is 10.4 Å². The maximum absolute atomic E-state index is 3.64. The van der Waals surface area contributed by atoms with E-state index >= 15 is 0 Å². The van der Waals surface area contributed by atoms with Gasteiger partial charge in [-0.3, -0.25) is 0 Å². The molecular weight excluding hydrogens is 262 g/mol. The average Bonchev–Trinajstić information content (AvgIpc) is 2.92. The van der Waals surface area contributed by atoms with Gasteiger partial charge in [-0.1, -0.05) is 37.6 Å².